The molecule has 0 saturated carbocycles. The van der Waals surface area contributed by atoms with Gasteiger partial charge >= 0.3 is 0 Å². The Morgan fingerprint density at radius 2 is 1.89 bits per heavy atom. The molecule has 1 aliphatic rings. The highest BCUT2D eigenvalue weighted by Gasteiger charge is 2.20. The first-order valence-corrected chi connectivity index (χ1v) is 11.9. The molecule has 0 saturated heterocycles. The molecular formula is C25H20N4O5S. The van der Waals surface area contributed by atoms with Crippen LogP contribution in [0.4, 0.5) is 0 Å². The van der Waals surface area contributed by atoms with Gasteiger partial charge in [-0.25, -0.2) is 4.98 Å². The Balaban J connectivity index is 1.35. The second kappa shape index (κ2) is 8.62. The van der Waals surface area contributed by atoms with Crippen molar-refractivity contribution in [3.05, 3.63) is 81.9 Å². The SMILES string of the molecule is Cc1cccc(-c2noc(CSc3nc4cc5c(cc4c(=O)n3Cc3ccc(C)o3)OCO5)n2)c1. The molecular weight excluding hydrogens is 468 g/mol. The Hall–Kier alpha value is -4.05. The van der Waals surface area contributed by atoms with E-state index in [1.165, 1.54) is 11.8 Å². The third kappa shape index (κ3) is 4.17. The third-order valence-corrected chi connectivity index (χ3v) is 6.55. The molecule has 1 aliphatic heterocycles. The lowest BCUT2D eigenvalue weighted by Crippen LogP contribution is -2.23. The first-order chi connectivity index (χ1) is 17.0. The van der Waals surface area contributed by atoms with Gasteiger partial charge in [0.05, 0.1) is 23.2 Å². The topological polar surface area (TPSA) is 105 Å². The minimum Gasteiger partial charge on any atom is -0.464 e. The van der Waals surface area contributed by atoms with E-state index in [9.17, 15) is 4.79 Å². The van der Waals surface area contributed by atoms with Crippen LogP contribution in [0.3, 0.4) is 0 Å². The standard InChI is InChI=1S/C25H20N4O5S/c1-14-4-3-5-16(8-14)23-27-22(34-28-23)12-35-25-26-19-10-21-20(31-13-32-21)9-18(19)24(30)29(25)11-17-7-6-15(2)33-17/h3-10H,11-13H2,1-2H3. The minimum atomic E-state index is -0.198. The Labute approximate surface area is 203 Å². The molecule has 0 unspecified atom stereocenters. The van der Waals surface area contributed by atoms with Gasteiger partial charge in [-0.05, 0) is 38.1 Å². The predicted octanol–water partition coefficient (Wildman–Crippen LogP) is 4.73. The van der Waals surface area contributed by atoms with Crippen molar-refractivity contribution in [3.8, 4) is 22.9 Å². The first-order valence-electron chi connectivity index (χ1n) is 11.0. The summed E-state index contributed by atoms with van der Waals surface area (Å²) < 4.78 is 23.7. The van der Waals surface area contributed by atoms with E-state index in [0.29, 0.717) is 50.8 Å². The number of thioether (sulfide) groups is 1. The smallest absolute Gasteiger partial charge is 0.262 e. The Bertz CT molecular complexity index is 1620. The molecule has 0 atom stereocenters. The maximum atomic E-state index is 13.5. The molecule has 9 nitrogen and oxygen atoms in total. The Kier molecular flexibility index (Phi) is 5.29. The third-order valence-electron chi connectivity index (χ3n) is 5.59. The average Bonchev–Trinajstić information content (AvgIpc) is 3.60. The van der Waals surface area contributed by atoms with Gasteiger partial charge in [-0.1, -0.05) is 40.7 Å². The monoisotopic (exact) mass is 488 g/mol. The summed E-state index contributed by atoms with van der Waals surface area (Å²) in [6.07, 6.45) is 0. The molecule has 0 spiro atoms. The lowest BCUT2D eigenvalue weighted by molar-refractivity contribution is 0.174. The summed E-state index contributed by atoms with van der Waals surface area (Å²) in [6, 6.07) is 15.0. The van der Waals surface area contributed by atoms with E-state index in [2.05, 4.69) is 10.1 Å². The van der Waals surface area contributed by atoms with E-state index < -0.39 is 0 Å². The van der Waals surface area contributed by atoms with Crippen molar-refractivity contribution in [2.45, 2.75) is 31.3 Å². The Morgan fingerprint density at radius 3 is 2.69 bits per heavy atom. The van der Waals surface area contributed by atoms with Gasteiger partial charge in [-0.15, -0.1) is 0 Å². The van der Waals surface area contributed by atoms with Gasteiger partial charge in [-0.3, -0.25) is 9.36 Å². The maximum absolute atomic E-state index is 13.5. The molecule has 10 heteroatoms. The zero-order valence-electron chi connectivity index (χ0n) is 19.0. The van der Waals surface area contributed by atoms with Crippen LogP contribution < -0.4 is 15.0 Å². The molecule has 0 bridgehead atoms. The molecule has 6 rings (SSSR count). The molecule has 5 aromatic rings. The van der Waals surface area contributed by atoms with Crippen molar-refractivity contribution in [2.75, 3.05) is 6.79 Å². The van der Waals surface area contributed by atoms with Crippen molar-refractivity contribution < 1.29 is 18.4 Å². The molecule has 4 heterocycles. The number of nitrogens with zero attached hydrogens (tertiary/aromatic N) is 4. The quantitative estimate of drug-likeness (QED) is 0.248. The van der Waals surface area contributed by atoms with Crippen LogP contribution in [0.2, 0.25) is 0 Å². The summed E-state index contributed by atoms with van der Waals surface area (Å²) in [6.45, 7) is 4.24. The zero-order valence-corrected chi connectivity index (χ0v) is 19.8. The van der Waals surface area contributed by atoms with Gasteiger partial charge in [0.25, 0.3) is 5.56 Å². The summed E-state index contributed by atoms with van der Waals surface area (Å²) in [4.78, 5) is 22.8. The number of rotatable bonds is 6. The van der Waals surface area contributed by atoms with E-state index in [0.717, 1.165) is 16.9 Å². The summed E-state index contributed by atoms with van der Waals surface area (Å²) in [7, 11) is 0. The van der Waals surface area contributed by atoms with E-state index in [1.54, 1.807) is 16.7 Å². The summed E-state index contributed by atoms with van der Waals surface area (Å²) >= 11 is 1.34. The first kappa shape index (κ1) is 21.5. The number of hydrogen-bond acceptors (Lipinski definition) is 9. The van der Waals surface area contributed by atoms with Crippen LogP contribution in [0.15, 0.2) is 67.4 Å². The van der Waals surface area contributed by atoms with Crippen molar-refractivity contribution in [2.24, 2.45) is 0 Å². The zero-order chi connectivity index (χ0) is 23.9. The highest BCUT2D eigenvalue weighted by molar-refractivity contribution is 7.98. The second-order valence-electron chi connectivity index (χ2n) is 8.19. The van der Waals surface area contributed by atoms with E-state index in [4.69, 9.17) is 23.4 Å². The molecule has 0 aliphatic carbocycles. The highest BCUT2D eigenvalue weighted by atomic mass is 32.2. The Morgan fingerprint density at radius 1 is 1.03 bits per heavy atom. The number of furan rings is 1. The summed E-state index contributed by atoms with van der Waals surface area (Å²) in [5.41, 5.74) is 2.33. The number of aromatic nitrogens is 4. The van der Waals surface area contributed by atoms with Gasteiger partial charge < -0.3 is 18.4 Å². The van der Waals surface area contributed by atoms with Crippen molar-refractivity contribution in [3.63, 3.8) is 0 Å². The van der Waals surface area contributed by atoms with Crippen LogP contribution in [0.25, 0.3) is 22.3 Å². The fourth-order valence-electron chi connectivity index (χ4n) is 3.91. The lowest BCUT2D eigenvalue weighted by Gasteiger charge is -2.12. The molecule has 0 amide bonds. The molecule has 0 N–H and O–H groups in total. The summed E-state index contributed by atoms with van der Waals surface area (Å²) in [5.74, 6) is 3.84. The van der Waals surface area contributed by atoms with Gasteiger partial charge in [0, 0.05) is 11.6 Å². The minimum absolute atomic E-state index is 0.119. The van der Waals surface area contributed by atoms with Gasteiger partial charge in [0.15, 0.2) is 16.7 Å². The van der Waals surface area contributed by atoms with E-state index >= 15 is 0 Å². The largest absolute Gasteiger partial charge is 0.464 e. The van der Waals surface area contributed by atoms with Crippen LogP contribution in [-0.4, -0.2) is 26.5 Å². The van der Waals surface area contributed by atoms with Crippen molar-refractivity contribution in [1.29, 1.82) is 0 Å². The van der Waals surface area contributed by atoms with Crippen LogP contribution in [0.5, 0.6) is 11.5 Å². The van der Waals surface area contributed by atoms with Crippen LogP contribution in [0, 0.1) is 13.8 Å². The van der Waals surface area contributed by atoms with Gasteiger partial charge in [-0.2, -0.15) is 4.98 Å². The molecule has 2 aromatic carbocycles. The van der Waals surface area contributed by atoms with Gasteiger partial charge in [0.1, 0.15) is 11.5 Å². The average molecular weight is 489 g/mol. The summed E-state index contributed by atoms with van der Waals surface area (Å²) in [5, 5.41) is 5.06. The van der Waals surface area contributed by atoms with Crippen LogP contribution >= 0.6 is 11.8 Å². The lowest BCUT2D eigenvalue weighted by atomic mass is 10.1. The molecule has 176 valence electrons. The second-order valence-corrected chi connectivity index (χ2v) is 9.13. The van der Waals surface area contributed by atoms with E-state index in [1.807, 2.05) is 50.2 Å². The number of hydrogen-bond donors (Lipinski definition) is 0. The van der Waals surface area contributed by atoms with E-state index in [-0.39, 0.29) is 18.9 Å². The number of fused-ring (bicyclic) bond motifs is 2. The maximum Gasteiger partial charge on any atom is 0.262 e. The van der Waals surface area contributed by atoms with Gasteiger partial charge in [0.2, 0.25) is 18.5 Å². The number of benzene rings is 2. The normalized spacial score (nSPS) is 12.5. The molecule has 0 fully saturated rings. The van der Waals surface area contributed by atoms with Crippen molar-refractivity contribution >= 4 is 22.7 Å². The number of ether oxygens (including phenoxy) is 2. The van der Waals surface area contributed by atoms with Crippen LogP contribution in [-0.2, 0) is 12.3 Å². The predicted molar refractivity (Wildman–Crippen MR) is 129 cm³/mol. The molecule has 35 heavy (non-hydrogen) atoms. The van der Waals surface area contributed by atoms with Crippen LogP contribution in [0.1, 0.15) is 23.0 Å². The highest BCUT2D eigenvalue weighted by Crippen LogP contribution is 2.35. The fraction of sp³-hybridized carbons (Fsp3) is 0.200. The molecule has 3 aromatic heterocycles. The fourth-order valence-corrected chi connectivity index (χ4v) is 4.74. The van der Waals surface area contributed by atoms with Crippen molar-refractivity contribution in [1.82, 2.24) is 19.7 Å². The molecule has 0 radical (unpaired) electrons. The number of aryl methyl sites for hydroxylation is 2.